The van der Waals surface area contributed by atoms with Crippen molar-refractivity contribution in [2.45, 2.75) is 33.7 Å². The zero-order valence-electron chi connectivity index (χ0n) is 8.37. The molecule has 0 aromatic heterocycles. The largest absolute Gasteiger partial charge is 0.387 e. The van der Waals surface area contributed by atoms with Crippen molar-refractivity contribution in [1.29, 1.82) is 0 Å². The van der Waals surface area contributed by atoms with Crippen molar-refractivity contribution in [1.82, 2.24) is 4.90 Å². The van der Waals surface area contributed by atoms with Crippen LogP contribution in [0.15, 0.2) is 0 Å². The Labute approximate surface area is 74.4 Å². The first-order chi connectivity index (χ1) is 5.54. The Balaban J connectivity index is 4.23. The second-order valence-corrected chi connectivity index (χ2v) is 3.32. The Bertz CT molecular complexity index is 145. The van der Waals surface area contributed by atoms with E-state index in [1.54, 1.807) is 4.90 Å². The van der Waals surface area contributed by atoms with Gasteiger partial charge in [-0.2, -0.15) is 0 Å². The maximum Gasteiger partial charge on any atom is 0.248 e. The minimum Gasteiger partial charge on any atom is -0.387 e. The van der Waals surface area contributed by atoms with Crippen LogP contribution >= 0.6 is 0 Å². The SMILES string of the molecule is CCN(C(=O)CO)[C@@H](C)C(C)C. The van der Waals surface area contributed by atoms with Crippen molar-refractivity contribution in [2.24, 2.45) is 5.92 Å². The molecule has 1 amide bonds. The third-order valence-corrected chi connectivity index (χ3v) is 2.25. The van der Waals surface area contributed by atoms with Gasteiger partial charge in [-0.3, -0.25) is 4.79 Å². The average Bonchev–Trinajstić information content (AvgIpc) is 2.05. The highest BCUT2D eigenvalue weighted by Gasteiger charge is 2.19. The first-order valence-corrected chi connectivity index (χ1v) is 4.44. The molecule has 0 radical (unpaired) electrons. The van der Waals surface area contributed by atoms with E-state index in [2.05, 4.69) is 13.8 Å². The highest BCUT2D eigenvalue weighted by molar-refractivity contribution is 5.77. The van der Waals surface area contributed by atoms with E-state index < -0.39 is 0 Å². The summed E-state index contributed by atoms with van der Waals surface area (Å²) in [6.07, 6.45) is 0. The standard InChI is InChI=1S/C9H19NO2/c1-5-10(9(12)6-11)8(4)7(2)3/h7-8,11H,5-6H2,1-4H3/t8-/m0/s1. The molecule has 72 valence electrons. The number of amides is 1. The fourth-order valence-electron chi connectivity index (χ4n) is 1.14. The number of rotatable bonds is 4. The molecular formula is C9H19NO2. The monoisotopic (exact) mass is 173 g/mol. The zero-order valence-corrected chi connectivity index (χ0v) is 8.37. The quantitative estimate of drug-likeness (QED) is 0.685. The molecule has 0 heterocycles. The van der Waals surface area contributed by atoms with Gasteiger partial charge < -0.3 is 10.0 Å². The summed E-state index contributed by atoms with van der Waals surface area (Å²) in [4.78, 5) is 12.9. The Morgan fingerprint density at radius 1 is 1.42 bits per heavy atom. The van der Waals surface area contributed by atoms with Crippen LogP contribution in [0.5, 0.6) is 0 Å². The molecule has 0 aliphatic carbocycles. The summed E-state index contributed by atoms with van der Waals surface area (Å²) in [6, 6.07) is 0.203. The van der Waals surface area contributed by atoms with E-state index in [-0.39, 0.29) is 18.6 Å². The van der Waals surface area contributed by atoms with Gasteiger partial charge in [-0.25, -0.2) is 0 Å². The molecule has 0 aromatic carbocycles. The van der Waals surface area contributed by atoms with Crippen LogP contribution in [0.4, 0.5) is 0 Å². The number of nitrogens with zero attached hydrogens (tertiary/aromatic N) is 1. The lowest BCUT2D eigenvalue weighted by Gasteiger charge is -2.30. The van der Waals surface area contributed by atoms with Gasteiger partial charge in [0, 0.05) is 12.6 Å². The van der Waals surface area contributed by atoms with E-state index in [9.17, 15) is 4.79 Å². The number of aliphatic hydroxyl groups excluding tert-OH is 1. The number of carbonyl (C=O) groups is 1. The van der Waals surface area contributed by atoms with Crippen LogP contribution in [0.25, 0.3) is 0 Å². The number of aliphatic hydroxyl groups is 1. The van der Waals surface area contributed by atoms with Crippen molar-refractivity contribution in [3.8, 4) is 0 Å². The van der Waals surface area contributed by atoms with Crippen LogP contribution in [0.2, 0.25) is 0 Å². The van der Waals surface area contributed by atoms with Gasteiger partial charge in [-0.05, 0) is 19.8 Å². The van der Waals surface area contributed by atoms with Crippen molar-refractivity contribution in [3.63, 3.8) is 0 Å². The lowest BCUT2D eigenvalue weighted by Crippen LogP contribution is -2.42. The van der Waals surface area contributed by atoms with E-state index in [0.717, 1.165) is 0 Å². The zero-order chi connectivity index (χ0) is 9.72. The highest BCUT2D eigenvalue weighted by atomic mass is 16.3. The minimum absolute atomic E-state index is 0.182. The maximum absolute atomic E-state index is 11.2. The molecule has 0 unspecified atom stereocenters. The van der Waals surface area contributed by atoms with Crippen LogP contribution in [0, 0.1) is 5.92 Å². The van der Waals surface area contributed by atoms with E-state index in [4.69, 9.17) is 5.11 Å². The van der Waals surface area contributed by atoms with Crippen molar-refractivity contribution in [2.75, 3.05) is 13.2 Å². The molecule has 1 atom stereocenters. The molecule has 3 heteroatoms. The summed E-state index contributed by atoms with van der Waals surface area (Å²) in [6.45, 7) is 8.34. The van der Waals surface area contributed by atoms with E-state index in [1.807, 2.05) is 13.8 Å². The Morgan fingerprint density at radius 3 is 2.17 bits per heavy atom. The summed E-state index contributed by atoms with van der Waals surface area (Å²) in [5, 5.41) is 8.68. The number of hydrogen-bond acceptors (Lipinski definition) is 2. The van der Waals surface area contributed by atoms with Gasteiger partial charge >= 0.3 is 0 Å². The van der Waals surface area contributed by atoms with Gasteiger partial charge in [0.1, 0.15) is 6.61 Å². The molecule has 0 bridgehead atoms. The molecule has 0 saturated carbocycles. The van der Waals surface area contributed by atoms with Gasteiger partial charge in [0.25, 0.3) is 0 Å². The summed E-state index contributed by atoms with van der Waals surface area (Å²) in [5.41, 5.74) is 0. The van der Waals surface area contributed by atoms with Crippen molar-refractivity contribution >= 4 is 5.91 Å². The molecule has 1 N–H and O–H groups in total. The van der Waals surface area contributed by atoms with Crippen LogP contribution in [0.3, 0.4) is 0 Å². The fraction of sp³-hybridized carbons (Fsp3) is 0.889. The lowest BCUT2D eigenvalue weighted by atomic mass is 10.0. The summed E-state index contributed by atoms with van der Waals surface area (Å²) >= 11 is 0. The Kier molecular flexibility index (Phi) is 4.90. The van der Waals surface area contributed by atoms with E-state index >= 15 is 0 Å². The molecule has 0 spiro atoms. The number of hydrogen-bond donors (Lipinski definition) is 1. The second-order valence-electron chi connectivity index (χ2n) is 3.32. The molecule has 3 nitrogen and oxygen atoms in total. The van der Waals surface area contributed by atoms with Gasteiger partial charge in [0.2, 0.25) is 5.91 Å². The molecule has 12 heavy (non-hydrogen) atoms. The van der Waals surface area contributed by atoms with Gasteiger partial charge in [0.15, 0.2) is 0 Å². The normalized spacial score (nSPS) is 13.2. The molecule has 0 aromatic rings. The average molecular weight is 173 g/mol. The van der Waals surface area contributed by atoms with Gasteiger partial charge in [-0.1, -0.05) is 13.8 Å². The van der Waals surface area contributed by atoms with Crippen LogP contribution < -0.4 is 0 Å². The Hall–Kier alpha value is -0.570. The van der Waals surface area contributed by atoms with Gasteiger partial charge in [0.05, 0.1) is 0 Å². The summed E-state index contributed by atoms with van der Waals surface area (Å²) in [7, 11) is 0. The smallest absolute Gasteiger partial charge is 0.248 e. The third kappa shape index (κ3) is 2.81. The minimum atomic E-state index is -0.384. The second kappa shape index (κ2) is 5.14. The van der Waals surface area contributed by atoms with Crippen molar-refractivity contribution < 1.29 is 9.90 Å². The molecule has 0 aliphatic heterocycles. The topological polar surface area (TPSA) is 40.5 Å². The Morgan fingerprint density at radius 2 is 1.92 bits per heavy atom. The molecular weight excluding hydrogens is 154 g/mol. The first kappa shape index (κ1) is 11.4. The third-order valence-electron chi connectivity index (χ3n) is 2.25. The van der Waals surface area contributed by atoms with E-state index in [0.29, 0.717) is 12.5 Å². The van der Waals surface area contributed by atoms with Crippen molar-refractivity contribution in [3.05, 3.63) is 0 Å². The molecule has 0 fully saturated rings. The van der Waals surface area contributed by atoms with E-state index in [1.165, 1.54) is 0 Å². The number of carbonyl (C=O) groups excluding carboxylic acids is 1. The first-order valence-electron chi connectivity index (χ1n) is 4.44. The predicted octanol–water partition coefficient (Wildman–Crippen LogP) is 0.872. The lowest BCUT2D eigenvalue weighted by molar-refractivity contribution is -0.136. The highest BCUT2D eigenvalue weighted by Crippen LogP contribution is 2.09. The number of likely N-dealkylation sites (N-methyl/N-ethyl adjacent to an activating group) is 1. The summed E-state index contributed by atoms with van der Waals surface area (Å²) in [5.74, 6) is 0.249. The maximum atomic E-state index is 11.2. The predicted molar refractivity (Wildman–Crippen MR) is 48.8 cm³/mol. The molecule has 0 saturated heterocycles. The molecule has 0 aliphatic rings. The fourth-order valence-corrected chi connectivity index (χ4v) is 1.14. The van der Waals surface area contributed by atoms with Crippen LogP contribution in [-0.4, -0.2) is 35.1 Å². The summed E-state index contributed by atoms with van der Waals surface area (Å²) < 4.78 is 0. The van der Waals surface area contributed by atoms with Crippen LogP contribution in [0.1, 0.15) is 27.7 Å². The van der Waals surface area contributed by atoms with Crippen LogP contribution in [-0.2, 0) is 4.79 Å². The van der Waals surface area contributed by atoms with Gasteiger partial charge in [-0.15, -0.1) is 0 Å². The molecule has 0 rings (SSSR count).